The average molecular weight is 495 g/mol. The lowest BCUT2D eigenvalue weighted by Gasteiger charge is -2.26. The zero-order valence-corrected chi connectivity index (χ0v) is 19.2. The molecule has 2 aromatic rings. The number of fused-ring (bicyclic) bond motifs is 2. The van der Waals surface area contributed by atoms with E-state index in [0.29, 0.717) is 42.7 Å². The van der Waals surface area contributed by atoms with Crippen molar-refractivity contribution in [2.45, 2.75) is 57.2 Å². The molecule has 8 nitrogen and oxygen atoms in total. The van der Waals surface area contributed by atoms with Gasteiger partial charge >= 0.3 is 6.18 Å². The standard InChI is InChI=1S/C24H28F3N3O5/c25-24(26,27)14-33-12-16-1-2-21-17(7-16)9-18(13-34-21)28-23(31)20-10-22-30(29-20)11-19(35-22)8-15-3-5-32-6-4-15/h1-2,7,10,15,18-19H,3-6,8-9,11-14H2,(H,28,31)/t18-,19-/m1/s1. The summed E-state index contributed by atoms with van der Waals surface area (Å²) in [4.78, 5) is 12.8. The quantitative estimate of drug-likeness (QED) is 0.635. The number of nitrogens with one attached hydrogen (secondary N) is 1. The highest BCUT2D eigenvalue weighted by Gasteiger charge is 2.31. The molecule has 0 aliphatic carbocycles. The second-order valence-corrected chi connectivity index (χ2v) is 9.32. The summed E-state index contributed by atoms with van der Waals surface area (Å²) in [5, 5.41) is 7.35. The van der Waals surface area contributed by atoms with Crippen molar-refractivity contribution >= 4 is 5.91 Å². The first-order valence-corrected chi connectivity index (χ1v) is 11.8. The first-order valence-electron chi connectivity index (χ1n) is 11.8. The smallest absolute Gasteiger partial charge is 0.411 e. The molecule has 1 aromatic heterocycles. The fourth-order valence-electron chi connectivity index (χ4n) is 4.79. The molecule has 0 spiro atoms. The number of benzene rings is 1. The molecule has 1 N–H and O–H groups in total. The fraction of sp³-hybridized carbons (Fsp3) is 0.583. The number of halogens is 3. The highest BCUT2D eigenvalue weighted by atomic mass is 19.4. The van der Waals surface area contributed by atoms with Gasteiger partial charge in [0.2, 0.25) is 5.88 Å². The molecule has 3 aliphatic heterocycles. The Morgan fingerprint density at radius 3 is 2.83 bits per heavy atom. The van der Waals surface area contributed by atoms with Gasteiger partial charge in [-0.05, 0) is 54.9 Å². The van der Waals surface area contributed by atoms with Crippen molar-refractivity contribution < 1.29 is 36.9 Å². The van der Waals surface area contributed by atoms with Crippen LogP contribution in [0, 0.1) is 5.92 Å². The number of carbonyl (C=O) groups excluding carboxylic acids is 1. The number of nitrogens with zero attached hydrogens (tertiary/aromatic N) is 2. The third-order valence-corrected chi connectivity index (χ3v) is 6.48. The highest BCUT2D eigenvalue weighted by Crippen LogP contribution is 2.30. The van der Waals surface area contributed by atoms with Gasteiger partial charge in [0, 0.05) is 19.3 Å². The highest BCUT2D eigenvalue weighted by molar-refractivity contribution is 5.92. The Balaban J connectivity index is 1.13. The van der Waals surface area contributed by atoms with Gasteiger partial charge in [-0.1, -0.05) is 6.07 Å². The van der Waals surface area contributed by atoms with Gasteiger partial charge in [0.1, 0.15) is 25.1 Å². The van der Waals surface area contributed by atoms with Crippen LogP contribution in [0.2, 0.25) is 0 Å². The summed E-state index contributed by atoms with van der Waals surface area (Å²) >= 11 is 0. The Bertz CT molecular complexity index is 1030. The van der Waals surface area contributed by atoms with E-state index in [1.165, 1.54) is 0 Å². The van der Waals surface area contributed by atoms with Crippen LogP contribution in [0.5, 0.6) is 11.6 Å². The largest absolute Gasteiger partial charge is 0.491 e. The molecule has 3 aliphatic rings. The van der Waals surface area contributed by atoms with Gasteiger partial charge in [-0.15, -0.1) is 0 Å². The van der Waals surface area contributed by atoms with E-state index in [2.05, 4.69) is 10.4 Å². The summed E-state index contributed by atoms with van der Waals surface area (Å²) in [6.07, 6.45) is -0.761. The molecule has 2 atom stereocenters. The molecule has 0 saturated carbocycles. The second-order valence-electron chi connectivity index (χ2n) is 9.32. The number of ether oxygens (including phenoxy) is 4. The van der Waals surface area contributed by atoms with Crippen LogP contribution >= 0.6 is 0 Å². The summed E-state index contributed by atoms with van der Waals surface area (Å²) in [6.45, 7) is 1.07. The van der Waals surface area contributed by atoms with E-state index < -0.39 is 12.8 Å². The van der Waals surface area contributed by atoms with Crippen molar-refractivity contribution in [1.82, 2.24) is 15.1 Å². The molecule has 1 amide bonds. The molecule has 35 heavy (non-hydrogen) atoms. The van der Waals surface area contributed by atoms with Gasteiger partial charge in [-0.25, -0.2) is 4.68 Å². The Hall–Kier alpha value is -2.79. The molecule has 1 aromatic carbocycles. The van der Waals surface area contributed by atoms with Crippen LogP contribution in [-0.2, 0) is 29.0 Å². The average Bonchev–Trinajstić information content (AvgIpc) is 3.37. The maximum absolute atomic E-state index is 12.8. The lowest BCUT2D eigenvalue weighted by Crippen LogP contribution is -2.43. The molecule has 11 heteroatoms. The molecule has 5 rings (SSSR count). The normalized spacial score (nSPS) is 22.1. The van der Waals surface area contributed by atoms with Gasteiger partial charge < -0.3 is 24.3 Å². The molecule has 1 saturated heterocycles. The van der Waals surface area contributed by atoms with Gasteiger partial charge in [-0.2, -0.15) is 18.3 Å². The van der Waals surface area contributed by atoms with Crippen molar-refractivity contribution in [1.29, 1.82) is 0 Å². The Labute approximate surface area is 200 Å². The molecule has 0 bridgehead atoms. The molecule has 4 heterocycles. The first-order chi connectivity index (χ1) is 16.8. The van der Waals surface area contributed by atoms with Crippen molar-refractivity contribution in [2.75, 3.05) is 26.4 Å². The minimum Gasteiger partial charge on any atom is -0.491 e. The summed E-state index contributed by atoms with van der Waals surface area (Å²) in [7, 11) is 0. The zero-order valence-electron chi connectivity index (χ0n) is 19.2. The van der Waals surface area contributed by atoms with Gasteiger partial charge in [-0.3, -0.25) is 4.79 Å². The molecular weight excluding hydrogens is 467 g/mol. The van der Waals surface area contributed by atoms with Gasteiger partial charge in [0.25, 0.3) is 5.91 Å². The van der Waals surface area contributed by atoms with Gasteiger partial charge in [0.15, 0.2) is 5.69 Å². The van der Waals surface area contributed by atoms with E-state index >= 15 is 0 Å². The third-order valence-electron chi connectivity index (χ3n) is 6.48. The van der Waals surface area contributed by atoms with Crippen LogP contribution in [0.1, 0.15) is 40.9 Å². The van der Waals surface area contributed by atoms with Crippen molar-refractivity contribution in [2.24, 2.45) is 5.92 Å². The van der Waals surface area contributed by atoms with E-state index in [0.717, 1.165) is 38.0 Å². The van der Waals surface area contributed by atoms with Crippen molar-refractivity contribution in [3.63, 3.8) is 0 Å². The molecule has 0 unspecified atom stereocenters. The SMILES string of the molecule is O=C(N[C@H]1COc2ccc(COCC(F)(F)F)cc2C1)c1cc2n(n1)C[C@@H](CC1CCOCC1)O2. The summed E-state index contributed by atoms with van der Waals surface area (Å²) < 4.78 is 60.6. The van der Waals surface area contributed by atoms with Crippen LogP contribution in [0.25, 0.3) is 0 Å². The monoisotopic (exact) mass is 495 g/mol. The van der Waals surface area contributed by atoms with E-state index in [1.807, 2.05) is 0 Å². The van der Waals surface area contributed by atoms with Crippen LogP contribution in [0.3, 0.4) is 0 Å². The van der Waals surface area contributed by atoms with Crippen LogP contribution < -0.4 is 14.8 Å². The van der Waals surface area contributed by atoms with Crippen LogP contribution in [-0.4, -0.2) is 60.4 Å². The minimum absolute atomic E-state index is 0.0651. The Morgan fingerprint density at radius 1 is 1.23 bits per heavy atom. The first kappa shape index (κ1) is 23.9. The van der Waals surface area contributed by atoms with Crippen molar-refractivity contribution in [3.8, 4) is 11.6 Å². The van der Waals surface area contributed by atoms with Gasteiger partial charge in [0.05, 0.1) is 19.2 Å². The maximum Gasteiger partial charge on any atom is 0.411 e. The predicted molar refractivity (Wildman–Crippen MR) is 117 cm³/mol. The van der Waals surface area contributed by atoms with E-state index in [1.54, 1.807) is 28.9 Å². The maximum atomic E-state index is 12.8. The predicted octanol–water partition coefficient (Wildman–Crippen LogP) is 3.27. The number of hydrogen-bond acceptors (Lipinski definition) is 6. The number of hydrogen-bond donors (Lipinski definition) is 1. The lowest BCUT2D eigenvalue weighted by molar-refractivity contribution is -0.176. The number of amides is 1. The molecule has 0 radical (unpaired) electrons. The number of rotatable bonds is 7. The van der Waals surface area contributed by atoms with Crippen LogP contribution in [0.4, 0.5) is 13.2 Å². The number of carbonyl (C=O) groups is 1. The topological polar surface area (TPSA) is 83.8 Å². The van der Waals surface area contributed by atoms with Crippen molar-refractivity contribution in [3.05, 3.63) is 41.1 Å². The summed E-state index contributed by atoms with van der Waals surface area (Å²) in [5.74, 6) is 1.52. The molecule has 1 fully saturated rings. The minimum atomic E-state index is -4.36. The lowest BCUT2D eigenvalue weighted by atomic mass is 9.94. The number of aromatic nitrogens is 2. The molecular formula is C24H28F3N3O5. The Morgan fingerprint density at radius 2 is 2.06 bits per heavy atom. The number of alkyl halides is 3. The van der Waals surface area contributed by atoms with E-state index in [9.17, 15) is 18.0 Å². The fourth-order valence-corrected chi connectivity index (χ4v) is 4.79. The van der Waals surface area contributed by atoms with E-state index in [-0.39, 0.29) is 30.4 Å². The second kappa shape index (κ2) is 10.1. The third kappa shape index (κ3) is 6.07. The van der Waals surface area contributed by atoms with Crippen LogP contribution in [0.15, 0.2) is 24.3 Å². The zero-order chi connectivity index (χ0) is 24.4. The Kier molecular flexibility index (Phi) is 6.88. The summed E-state index contributed by atoms with van der Waals surface area (Å²) in [5.41, 5.74) is 1.70. The molecule has 190 valence electrons. The summed E-state index contributed by atoms with van der Waals surface area (Å²) in [6, 6.07) is 6.51. The van der Waals surface area contributed by atoms with E-state index in [4.69, 9.17) is 18.9 Å².